The summed E-state index contributed by atoms with van der Waals surface area (Å²) in [5.74, 6) is 0.480. The first-order valence-electron chi connectivity index (χ1n) is 6.47. The Morgan fingerprint density at radius 3 is 2.50 bits per heavy atom. The summed E-state index contributed by atoms with van der Waals surface area (Å²) in [6, 6.07) is 8.43. The minimum absolute atomic E-state index is 0.0574. The fourth-order valence-corrected chi connectivity index (χ4v) is 2.54. The topological polar surface area (TPSA) is 21.3 Å². The van der Waals surface area contributed by atoms with Crippen LogP contribution >= 0.6 is 15.9 Å². The molecule has 0 amide bonds. The third-order valence-corrected chi connectivity index (χ3v) is 3.52. The molecule has 1 aromatic carbocycles. The quantitative estimate of drug-likeness (QED) is 0.858. The van der Waals surface area contributed by atoms with Crippen molar-refractivity contribution in [3.05, 3.63) is 34.3 Å². The third kappa shape index (κ3) is 5.51. The Morgan fingerprint density at radius 1 is 1.28 bits per heavy atom. The summed E-state index contributed by atoms with van der Waals surface area (Å²) in [7, 11) is 1.99. The molecule has 102 valence electrons. The first kappa shape index (κ1) is 15.7. The van der Waals surface area contributed by atoms with Crippen molar-refractivity contribution in [3.63, 3.8) is 0 Å². The van der Waals surface area contributed by atoms with E-state index in [4.69, 9.17) is 4.74 Å². The SMILES string of the molecule is CNCC(CCOC(C)(C)C)c1ccccc1Br. The Balaban J connectivity index is 2.63. The summed E-state index contributed by atoms with van der Waals surface area (Å²) in [6.07, 6.45) is 1.03. The Bertz CT molecular complexity index is 360. The van der Waals surface area contributed by atoms with Gasteiger partial charge in [0.2, 0.25) is 0 Å². The highest BCUT2D eigenvalue weighted by atomic mass is 79.9. The fourth-order valence-electron chi connectivity index (χ4n) is 1.93. The van der Waals surface area contributed by atoms with Crippen molar-refractivity contribution < 1.29 is 4.74 Å². The number of likely N-dealkylation sites (N-methyl/N-ethyl adjacent to an activating group) is 1. The second kappa shape index (κ2) is 7.27. The number of nitrogens with one attached hydrogen (secondary N) is 1. The number of hydrogen-bond acceptors (Lipinski definition) is 2. The molecule has 1 N–H and O–H groups in total. The molecule has 1 atom stereocenters. The standard InChI is InChI=1S/C15H24BrNO/c1-15(2,3)18-10-9-12(11-17-4)13-7-5-6-8-14(13)16/h5-8,12,17H,9-11H2,1-4H3. The van der Waals surface area contributed by atoms with E-state index in [1.807, 2.05) is 7.05 Å². The van der Waals surface area contributed by atoms with Gasteiger partial charge in [-0.25, -0.2) is 0 Å². The molecule has 1 aromatic rings. The molecule has 1 rings (SSSR count). The second-order valence-corrected chi connectivity index (χ2v) is 6.38. The third-order valence-electron chi connectivity index (χ3n) is 2.80. The average molecular weight is 314 g/mol. The molecular weight excluding hydrogens is 290 g/mol. The van der Waals surface area contributed by atoms with Gasteiger partial charge in [-0.05, 0) is 51.8 Å². The van der Waals surface area contributed by atoms with Gasteiger partial charge in [0.05, 0.1) is 5.60 Å². The largest absolute Gasteiger partial charge is 0.376 e. The molecule has 0 aliphatic rings. The molecule has 0 bridgehead atoms. The van der Waals surface area contributed by atoms with Gasteiger partial charge in [-0.2, -0.15) is 0 Å². The summed E-state index contributed by atoms with van der Waals surface area (Å²) in [6.45, 7) is 8.04. The first-order chi connectivity index (χ1) is 8.44. The minimum Gasteiger partial charge on any atom is -0.376 e. The molecule has 0 fully saturated rings. The zero-order valence-electron chi connectivity index (χ0n) is 11.8. The lowest BCUT2D eigenvalue weighted by Gasteiger charge is -2.23. The number of ether oxygens (including phenoxy) is 1. The molecule has 0 aromatic heterocycles. The van der Waals surface area contributed by atoms with E-state index >= 15 is 0 Å². The van der Waals surface area contributed by atoms with E-state index in [1.54, 1.807) is 0 Å². The summed E-state index contributed by atoms with van der Waals surface area (Å²) in [5.41, 5.74) is 1.29. The number of hydrogen-bond donors (Lipinski definition) is 1. The lowest BCUT2D eigenvalue weighted by molar-refractivity contribution is -0.00620. The van der Waals surface area contributed by atoms with E-state index < -0.39 is 0 Å². The predicted molar refractivity (Wildman–Crippen MR) is 81.1 cm³/mol. The number of halogens is 1. The summed E-state index contributed by atoms with van der Waals surface area (Å²) >= 11 is 3.63. The van der Waals surface area contributed by atoms with Crippen LogP contribution in [0.3, 0.4) is 0 Å². The van der Waals surface area contributed by atoms with Crippen LogP contribution in [-0.2, 0) is 4.74 Å². The molecule has 0 spiro atoms. The molecule has 0 heterocycles. The van der Waals surface area contributed by atoms with Crippen LogP contribution in [-0.4, -0.2) is 25.8 Å². The zero-order valence-corrected chi connectivity index (χ0v) is 13.4. The van der Waals surface area contributed by atoms with Crippen molar-refractivity contribution in [1.82, 2.24) is 5.32 Å². The highest BCUT2D eigenvalue weighted by Crippen LogP contribution is 2.27. The van der Waals surface area contributed by atoms with Gasteiger partial charge in [-0.3, -0.25) is 0 Å². The predicted octanol–water partition coefficient (Wildman–Crippen LogP) is 3.96. The van der Waals surface area contributed by atoms with Gasteiger partial charge in [0.25, 0.3) is 0 Å². The molecule has 0 radical (unpaired) electrons. The van der Waals surface area contributed by atoms with Crippen molar-refractivity contribution in [2.45, 2.75) is 38.7 Å². The van der Waals surface area contributed by atoms with Crippen molar-refractivity contribution in [2.24, 2.45) is 0 Å². The zero-order chi connectivity index (χ0) is 13.6. The van der Waals surface area contributed by atoms with Crippen LogP contribution in [0.25, 0.3) is 0 Å². The maximum absolute atomic E-state index is 5.82. The normalized spacial score (nSPS) is 13.6. The van der Waals surface area contributed by atoms with Gasteiger partial charge in [0, 0.05) is 17.6 Å². The van der Waals surface area contributed by atoms with Crippen LogP contribution in [0, 0.1) is 0 Å². The summed E-state index contributed by atoms with van der Waals surface area (Å²) in [4.78, 5) is 0. The van der Waals surface area contributed by atoms with E-state index in [0.29, 0.717) is 5.92 Å². The van der Waals surface area contributed by atoms with Crippen LogP contribution in [0.2, 0.25) is 0 Å². The lowest BCUT2D eigenvalue weighted by Crippen LogP contribution is -2.23. The van der Waals surface area contributed by atoms with Crippen LogP contribution in [0.4, 0.5) is 0 Å². The lowest BCUT2D eigenvalue weighted by atomic mass is 9.96. The highest BCUT2D eigenvalue weighted by molar-refractivity contribution is 9.10. The fraction of sp³-hybridized carbons (Fsp3) is 0.600. The molecule has 3 heteroatoms. The second-order valence-electron chi connectivity index (χ2n) is 5.53. The van der Waals surface area contributed by atoms with Crippen LogP contribution < -0.4 is 5.32 Å². The molecule has 0 aliphatic carbocycles. The van der Waals surface area contributed by atoms with Crippen molar-refractivity contribution >= 4 is 15.9 Å². The van der Waals surface area contributed by atoms with E-state index in [-0.39, 0.29) is 5.60 Å². The molecule has 0 saturated carbocycles. The monoisotopic (exact) mass is 313 g/mol. The summed E-state index contributed by atoms with van der Waals surface area (Å²) in [5, 5.41) is 3.26. The van der Waals surface area contributed by atoms with Crippen LogP contribution in [0.1, 0.15) is 38.7 Å². The Hall–Kier alpha value is -0.380. The van der Waals surface area contributed by atoms with E-state index in [9.17, 15) is 0 Å². The minimum atomic E-state index is -0.0574. The smallest absolute Gasteiger partial charge is 0.0598 e. The van der Waals surface area contributed by atoms with Gasteiger partial charge >= 0.3 is 0 Å². The summed E-state index contributed by atoms with van der Waals surface area (Å²) < 4.78 is 7.01. The maximum Gasteiger partial charge on any atom is 0.0598 e. The molecule has 0 aliphatic heterocycles. The van der Waals surface area contributed by atoms with Gasteiger partial charge < -0.3 is 10.1 Å². The Kier molecular flexibility index (Phi) is 6.33. The molecule has 1 unspecified atom stereocenters. The van der Waals surface area contributed by atoms with Gasteiger partial charge in [-0.1, -0.05) is 34.1 Å². The van der Waals surface area contributed by atoms with E-state index in [1.165, 1.54) is 10.0 Å². The van der Waals surface area contributed by atoms with Crippen LogP contribution in [0.15, 0.2) is 28.7 Å². The molecule has 18 heavy (non-hydrogen) atoms. The van der Waals surface area contributed by atoms with Gasteiger partial charge in [-0.15, -0.1) is 0 Å². The van der Waals surface area contributed by atoms with E-state index in [0.717, 1.165) is 19.6 Å². The maximum atomic E-state index is 5.82. The van der Waals surface area contributed by atoms with Crippen molar-refractivity contribution in [3.8, 4) is 0 Å². The van der Waals surface area contributed by atoms with Crippen LogP contribution in [0.5, 0.6) is 0 Å². The average Bonchev–Trinajstić information content (AvgIpc) is 2.27. The van der Waals surface area contributed by atoms with Gasteiger partial charge in [0.1, 0.15) is 0 Å². The van der Waals surface area contributed by atoms with E-state index in [2.05, 4.69) is 66.3 Å². The van der Waals surface area contributed by atoms with Crippen molar-refractivity contribution in [2.75, 3.05) is 20.2 Å². The van der Waals surface area contributed by atoms with Crippen molar-refractivity contribution in [1.29, 1.82) is 0 Å². The Labute approximate surface area is 119 Å². The molecular formula is C15H24BrNO. The van der Waals surface area contributed by atoms with Gasteiger partial charge in [0.15, 0.2) is 0 Å². The number of rotatable bonds is 6. The Morgan fingerprint density at radius 2 is 1.94 bits per heavy atom. The number of benzene rings is 1. The molecule has 0 saturated heterocycles. The first-order valence-corrected chi connectivity index (χ1v) is 7.26. The highest BCUT2D eigenvalue weighted by Gasteiger charge is 2.16. The molecule has 2 nitrogen and oxygen atoms in total.